The molecule has 2 aliphatic heterocycles. The van der Waals surface area contributed by atoms with Crippen molar-refractivity contribution in [3.05, 3.63) is 64.7 Å². The van der Waals surface area contributed by atoms with Crippen molar-refractivity contribution in [2.75, 3.05) is 18.4 Å². The number of likely N-dealkylation sites (tertiary alicyclic amines) is 1. The van der Waals surface area contributed by atoms with Crippen LogP contribution in [0.15, 0.2) is 36.4 Å². The molecule has 4 rings (SSSR count). The van der Waals surface area contributed by atoms with Crippen LogP contribution in [-0.2, 0) is 22.4 Å². The lowest BCUT2D eigenvalue weighted by molar-refractivity contribution is -0.122. The molecule has 1 fully saturated rings. The van der Waals surface area contributed by atoms with Crippen LogP contribution in [0.2, 0.25) is 0 Å². The number of nitrogens with one attached hydrogen (secondary N) is 2. The van der Waals surface area contributed by atoms with Crippen LogP contribution in [0.5, 0.6) is 0 Å². The molecular formula is C24H27F2N3O2. The Balaban J connectivity index is 1.56. The summed E-state index contributed by atoms with van der Waals surface area (Å²) in [6.07, 6.45) is 2.62. The van der Waals surface area contributed by atoms with Crippen molar-refractivity contribution < 1.29 is 18.4 Å². The number of carbonyl (C=O) groups is 2. The summed E-state index contributed by atoms with van der Waals surface area (Å²) in [5.41, 5.74) is 2.49. The van der Waals surface area contributed by atoms with Crippen LogP contribution in [-0.4, -0.2) is 35.3 Å². The molecule has 5 nitrogen and oxygen atoms in total. The van der Waals surface area contributed by atoms with Gasteiger partial charge in [0.2, 0.25) is 11.8 Å². The maximum absolute atomic E-state index is 14.0. The van der Waals surface area contributed by atoms with Gasteiger partial charge in [-0.05, 0) is 74.7 Å². The fourth-order valence-corrected chi connectivity index (χ4v) is 4.60. The summed E-state index contributed by atoms with van der Waals surface area (Å²) in [6, 6.07) is 8.82. The topological polar surface area (TPSA) is 61.4 Å². The van der Waals surface area contributed by atoms with Crippen molar-refractivity contribution in [2.45, 2.75) is 51.1 Å². The van der Waals surface area contributed by atoms with Crippen LogP contribution < -0.4 is 10.6 Å². The summed E-state index contributed by atoms with van der Waals surface area (Å²) in [7, 11) is 0. The van der Waals surface area contributed by atoms with Crippen molar-refractivity contribution in [3.63, 3.8) is 0 Å². The van der Waals surface area contributed by atoms with Gasteiger partial charge in [-0.25, -0.2) is 8.78 Å². The second-order valence-electron chi connectivity index (χ2n) is 8.92. The Morgan fingerprint density at radius 1 is 1.13 bits per heavy atom. The fourth-order valence-electron chi connectivity index (χ4n) is 4.60. The van der Waals surface area contributed by atoms with Crippen molar-refractivity contribution in [1.29, 1.82) is 0 Å². The van der Waals surface area contributed by atoms with Crippen LogP contribution >= 0.6 is 0 Å². The van der Waals surface area contributed by atoms with E-state index in [1.54, 1.807) is 0 Å². The van der Waals surface area contributed by atoms with Gasteiger partial charge < -0.3 is 10.6 Å². The van der Waals surface area contributed by atoms with Gasteiger partial charge in [0.1, 0.15) is 0 Å². The summed E-state index contributed by atoms with van der Waals surface area (Å²) in [6.45, 7) is 5.84. The van der Waals surface area contributed by atoms with Gasteiger partial charge in [0.05, 0.1) is 18.9 Å². The monoisotopic (exact) mass is 427 g/mol. The van der Waals surface area contributed by atoms with Gasteiger partial charge in [-0.15, -0.1) is 0 Å². The lowest BCUT2D eigenvalue weighted by atomic mass is 9.86. The smallest absolute Gasteiger partial charge is 0.228 e. The summed E-state index contributed by atoms with van der Waals surface area (Å²) >= 11 is 0. The number of benzene rings is 2. The number of hydrogen-bond acceptors (Lipinski definition) is 3. The van der Waals surface area contributed by atoms with Gasteiger partial charge >= 0.3 is 0 Å². The Morgan fingerprint density at radius 2 is 1.87 bits per heavy atom. The highest BCUT2D eigenvalue weighted by atomic mass is 19.2. The highest BCUT2D eigenvalue weighted by Gasteiger charge is 2.39. The van der Waals surface area contributed by atoms with E-state index in [0.29, 0.717) is 12.0 Å². The molecule has 0 aromatic heterocycles. The Labute approximate surface area is 180 Å². The number of rotatable bonds is 6. The lowest BCUT2D eigenvalue weighted by Crippen LogP contribution is -2.53. The first-order chi connectivity index (χ1) is 14.7. The number of carbonyl (C=O) groups excluding carboxylic acids is 2. The van der Waals surface area contributed by atoms with Crippen molar-refractivity contribution >= 4 is 17.5 Å². The van der Waals surface area contributed by atoms with Gasteiger partial charge in [-0.1, -0.05) is 18.2 Å². The molecule has 1 saturated heterocycles. The summed E-state index contributed by atoms with van der Waals surface area (Å²) in [5, 5.41) is 5.86. The van der Waals surface area contributed by atoms with Crippen molar-refractivity contribution in [3.8, 4) is 0 Å². The quantitative estimate of drug-likeness (QED) is 0.739. The molecule has 0 saturated carbocycles. The van der Waals surface area contributed by atoms with E-state index in [0.717, 1.165) is 48.8 Å². The molecule has 2 heterocycles. The second kappa shape index (κ2) is 8.38. The van der Waals surface area contributed by atoms with Crippen LogP contribution in [0, 0.1) is 11.6 Å². The zero-order chi connectivity index (χ0) is 22.2. The predicted octanol–water partition coefficient (Wildman–Crippen LogP) is 3.73. The minimum atomic E-state index is -0.927. The van der Waals surface area contributed by atoms with Gasteiger partial charge in [0, 0.05) is 11.2 Å². The summed E-state index contributed by atoms with van der Waals surface area (Å²) < 4.78 is 27.6. The molecule has 2 N–H and O–H groups in total. The largest absolute Gasteiger partial charge is 0.347 e. The molecule has 0 radical (unpaired) electrons. The molecule has 2 amide bonds. The zero-order valence-corrected chi connectivity index (χ0v) is 17.8. The Bertz CT molecular complexity index is 1020. The molecule has 2 aromatic carbocycles. The third-order valence-corrected chi connectivity index (χ3v) is 6.37. The molecule has 0 aliphatic carbocycles. The molecular weight excluding hydrogens is 400 g/mol. The molecule has 0 spiro atoms. The van der Waals surface area contributed by atoms with Crippen LogP contribution in [0.1, 0.15) is 49.4 Å². The molecule has 1 unspecified atom stereocenters. The van der Waals surface area contributed by atoms with E-state index in [9.17, 15) is 18.4 Å². The van der Waals surface area contributed by atoms with E-state index in [4.69, 9.17) is 0 Å². The molecule has 1 atom stereocenters. The molecule has 31 heavy (non-hydrogen) atoms. The van der Waals surface area contributed by atoms with Gasteiger partial charge in [0.25, 0.3) is 0 Å². The minimum absolute atomic E-state index is 0.0534. The van der Waals surface area contributed by atoms with E-state index in [1.807, 2.05) is 32.0 Å². The number of nitrogens with zero attached hydrogens (tertiary/aromatic N) is 1. The third-order valence-electron chi connectivity index (χ3n) is 6.37. The second-order valence-corrected chi connectivity index (χ2v) is 8.92. The lowest BCUT2D eigenvalue weighted by Gasteiger charge is -2.42. The van der Waals surface area contributed by atoms with E-state index in [1.165, 1.54) is 12.1 Å². The third kappa shape index (κ3) is 4.46. The Hall–Kier alpha value is -2.80. The van der Waals surface area contributed by atoms with Gasteiger partial charge in [-0.2, -0.15) is 0 Å². The molecule has 2 aliphatic rings. The van der Waals surface area contributed by atoms with E-state index >= 15 is 0 Å². The number of amides is 2. The average Bonchev–Trinajstić information content (AvgIpc) is 3.37. The van der Waals surface area contributed by atoms with E-state index < -0.39 is 23.2 Å². The maximum Gasteiger partial charge on any atom is 0.228 e. The standard InChI is InChI=1S/C24H27F2N3O2/c1-24(2,29-9-3-4-10-29)23(17-7-8-18(25)19(26)13-17)28-21(30)12-15-5-6-16-14-22(31)27-20(16)11-15/h5-8,11,13,23H,3-4,9-10,12,14H2,1-2H3,(H,27,31)(H,28,30). The SMILES string of the molecule is CC(C)(C(NC(=O)Cc1ccc2c(c1)NC(=O)C2)c1ccc(F)c(F)c1)N1CCCC1. The number of halogens is 2. The molecule has 2 aromatic rings. The first kappa shape index (κ1) is 21.4. The molecule has 0 bridgehead atoms. The van der Waals surface area contributed by atoms with Gasteiger partial charge in [0.15, 0.2) is 11.6 Å². The molecule has 7 heteroatoms. The normalized spacial score (nSPS) is 17.4. The highest BCUT2D eigenvalue weighted by Crippen LogP contribution is 2.34. The van der Waals surface area contributed by atoms with E-state index in [2.05, 4.69) is 15.5 Å². The maximum atomic E-state index is 14.0. The first-order valence-corrected chi connectivity index (χ1v) is 10.6. The fraction of sp³-hybridized carbons (Fsp3) is 0.417. The highest BCUT2D eigenvalue weighted by molar-refractivity contribution is 5.99. The zero-order valence-electron chi connectivity index (χ0n) is 17.8. The Morgan fingerprint density at radius 3 is 2.58 bits per heavy atom. The summed E-state index contributed by atoms with van der Waals surface area (Å²) in [5.74, 6) is -2.11. The number of hydrogen-bond donors (Lipinski definition) is 2. The van der Waals surface area contributed by atoms with Crippen molar-refractivity contribution in [2.24, 2.45) is 0 Å². The molecule has 164 valence electrons. The average molecular weight is 427 g/mol. The van der Waals surface area contributed by atoms with Crippen LogP contribution in [0.25, 0.3) is 0 Å². The number of anilines is 1. The number of fused-ring (bicyclic) bond motifs is 1. The Kier molecular flexibility index (Phi) is 5.79. The van der Waals surface area contributed by atoms with Crippen molar-refractivity contribution in [1.82, 2.24) is 10.2 Å². The first-order valence-electron chi connectivity index (χ1n) is 10.6. The predicted molar refractivity (Wildman–Crippen MR) is 115 cm³/mol. The minimum Gasteiger partial charge on any atom is -0.347 e. The summed E-state index contributed by atoms with van der Waals surface area (Å²) in [4.78, 5) is 26.8. The van der Waals surface area contributed by atoms with Crippen LogP contribution in [0.3, 0.4) is 0 Å². The van der Waals surface area contributed by atoms with Gasteiger partial charge in [-0.3, -0.25) is 14.5 Å². The van der Waals surface area contributed by atoms with Crippen LogP contribution in [0.4, 0.5) is 14.5 Å². The van der Waals surface area contributed by atoms with E-state index in [-0.39, 0.29) is 18.2 Å².